The van der Waals surface area contributed by atoms with Gasteiger partial charge >= 0.3 is 24.1 Å². The number of likely N-dealkylation sites (tertiary alicyclic amines) is 2. The molecule has 2 aromatic carbocycles. The highest BCUT2D eigenvalue weighted by Crippen LogP contribution is 2.51. The molecule has 306 valence electrons. The van der Waals surface area contributed by atoms with E-state index in [1.807, 2.05) is 0 Å². The number of fused-ring (bicyclic) bond motifs is 5. The van der Waals surface area contributed by atoms with Crippen LogP contribution in [0.1, 0.15) is 125 Å². The summed E-state index contributed by atoms with van der Waals surface area (Å²) < 4.78 is 54.1. The molecule has 0 N–H and O–H groups in total. The van der Waals surface area contributed by atoms with Crippen molar-refractivity contribution in [3.63, 3.8) is 0 Å². The van der Waals surface area contributed by atoms with Crippen LogP contribution in [0.2, 0.25) is 0 Å². The third kappa shape index (κ3) is 7.88. The van der Waals surface area contributed by atoms with Gasteiger partial charge in [-0.1, -0.05) is 37.1 Å². The van der Waals surface area contributed by atoms with Crippen molar-refractivity contribution in [2.24, 2.45) is 11.8 Å². The van der Waals surface area contributed by atoms with Gasteiger partial charge < -0.3 is 18.9 Å². The number of alkyl halides is 2. The molecule has 7 rings (SSSR count). The lowest BCUT2D eigenvalue weighted by molar-refractivity contribution is -0.148. The van der Waals surface area contributed by atoms with Crippen LogP contribution in [0.25, 0.3) is 11.1 Å². The zero-order chi connectivity index (χ0) is 41.2. The van der Waals surface area contributed by atoms with Gasteiger partial charge in [0.15, 0.2) is 24.8 Å². The van der Waals surface area contributed by atoms with Crippen LogP contribution in [0.5, 0.6) is 0 Å². The van der Waals surface area contributed by atoms with E-state index in [1.54, 1.807) is 41.5 Å². The number of ether oxygens (including phenoxy) is 4. The Bertz CT molecular complexity index is 1860. The van der Waals surface area contributed by atoms with Crippen LogP contribution in [0.15, 0.2) is 36.4 Å². The standard InChI is InChI=1S/C43H50F2N2O10/c1-41(2,3)56-39(52)46-31-11-7-9-23(31)19-33(46)37(50)54-21-35(48)25-13-15-27-28-16-14-26(18-30(28)43(44,45)29(27)17-25)36(49)22-55-38(51)34-20-24-10-8-12-32(24)47(34)40(53)57-42(4,5)6/h13-18,23-24,31-34H,7-12,19-22H2,1-6H3/t23-,24+,31-,32+,33-,34-/m0/s1. The molecule has 14 heteroatoms. The Morgan fingerprint density at radius 2 is 1.02 bits per heavy atom. The number of ketones is 2. The van der Waals surface area contributed by atoms with Gasteiger partial charge in [-0.05, 0) is 115 Å². The van der Waals surface area contributed by atoms with Gasteiger partial charge in [-0.2, -0.15) is 8.78 Å². The van der Waals surface area contributed by atoms with Gasteiger partial charge in [-0.3, -0.25) is 19.4 Å². The first-order valence-corrected chi connectivity index (χ1v) is 19.8. The van der Waals surface area contributed by atoms with Gasteiger partial charge in [0, 0.05) is 34.3 Å². The summed E-state index contributed by atoms with van der Waals surface area (Å²) in [4.78, 5) is 82.1. The van der Waals surface area contributed by atoms with Crippen molar-refractivity contribution in [1.29, 1.82) is 0 Å². The van der Waals surface area contributed by atoms with Gasteiger partial charge in [-0.15, -0.1) is 0 Å². The minimum atomic E-state index is -3.59. The first-order chi connectivity index (χ1) is 26.7. The maximum Gasteiger partial charge on any atom is 0.411 e. The van der Waals surface area contributed by atoms with E-state index in [0.717, 1.165) is 50.7 Å². The predicted octanol–water partition coefficient (Wildman–Crippen LogP) is 7.62. The molecule has 0 bridgehead atoms. The molecule has 0 spiro atoms. The van der Waals surface area contributed by atoms with Crippen molar-refractivity contribution >= 4 is 35.7 Å². The summed E-state index contributed by atoms with van der Waals surface area (Å²) in [5.74, 6) is -6.26. The third-order valence-electron chi connectivity index (χ3n) is 11.8. The first-order valence-electron chi connectivity index (χ1n) is 19.8. The lowest BCUT2D eigenvalue weighted by Crippen LogP contribution is -2.47. The highest BCUT2D eigenvalue weighted by atomic mass is 19.3. The van der Waals surface area contributed by atoms with Crippen molar-refractivity contribution in [3.05, 3.63) is 58.7 Å². The SMILES string of the molecule is CC(C)(C)OC(=O)N1[C@@H]2CCC[C@@H]2C[C@H]1C(=O)OCC(=O)c1ccc2c(c1)C(F)(F)c1cc(C(=O)COC(=O)[C@@H]3C[C@@H]4CCC[C@@H]4N3C(=O)OC(C)(C)C)ccc1-2. The number of hydrogen-bond acceptors (Lipinski definition) is 10. The van der Waals surface area contributed by atoms with Crippen LogP contribution in [0, 0.1) is 11.8 Å². The number of esters is 2. The van der Waals surface area contributed by atoms with Gasteiger partial charge in [0.25, 0.3) is 5.92 Å². The average molecular weight is 793 g/mol. The Morgan fingerprint density at radius 3 is 1.39 bits per heavy atom. The lowest BCUT2D eigenvalue weighted by atomic mass is 10.0. The molecule has 4 fully saturated rings. The number of hydrogen-bond donors (Lipinski definition) is 0. The molecule has 2 heterocycles. The predicted molar refractivity (Wildman–Crippen MR) is 201 cm³/mol. The van der Waals surface area contributed by atoms with Gasteiger partial charge in [0.1, 0.15) is 23.3 Å². The van der Waals surface area contributed by atoms with Crippen molar-refractivity contribution in [1.82, 2.24) is 9.80 Å². The molecule has 2 saturated heterocycles. The van der Waals surface area contributed by atoms with E-state index in [-0.39, 0.29) is 46.2 Å². The second-order valence-corrected chi connectivity index (χ2v) is 18.0. The second-order valence-electron chi connectivity index (χ2n) is 18.0. The number of benzene rings is 2. The average Bonchev–Trinajstić information content (AvgIpc) is 3.94. The molecule has 0 aromatic heterocycles. The number of amides is 2. The first kappa shape index (κ1) is 40.3. The summed E-state index contributed by atoms with van der Waals surface area (Å²) >= 11 is 0. The molecule has 12 nitrogen and oxygen atoms in total. The summed E-state index contributed by atoms with van der Waals surface area (Å²) in [5.41, 5.74) is -2.28. The smallest absolute Gasteiger partial charge is 0.411 e. The monoisotopic (exact) mass is 792 g/mol. The fourth-order valence-electron chi connectivity index (χ4n) is 9.36. The van der Waals surface area contributed by atoms with Gasteiger partial charge in [-0.25, -0.2) is 19.2 Å². The van der Waals surface area contributed by atoms with Crippen molar-refractivity contribution < 1.29 is 56.5 Å². The van der Waals surface area contributed by atoms with Crippen LogP contribution in [0.4, 0.5) is 18.4 Å². The molecular formula is C43H50F2N2O10. The van der Waals surface area contributed by atoms with E-state index >= 15 is 8.78 Å². The molecule has 57 heavy (non-hydrogen) atoms. The molecule has 2 saturated carbocycles. The maximum absolute atomic E-state index is 16.1. The fourth-order valence-corrected chi connectivity index (χ4v) is 9.36. The van der Waals surface area contributed by atoms with E-state index in [1.165, 1.54) is 34.1 Å². The molecule has 6 atom stereocenters. The number of rotatable bonds is 8. The van der Waals surface area contributed by atoms with Crippen LogP contribution in [-0.4, -0.2) is 94.1 Å². The van der Waals surface area contributed by atoms with Crippen LogP contribution >= 0.6 is 0 Å². The maximum atomic E-state index is 16.1. The topological polar surface area (TPSA) is 146 Å². The Kier molecular flexibility index (Phi) is 10.5. The van der Waals surface area contributed by atoms with Crippen LogP contribution < -0.4 is 0 Å². The third-order valence-corrected chi connectivity index (χ3v) is 11.8. The van der Waals surface area contributed by atoms with E-state index in [9.17, 15) is 28.8 Å². The number of Topliss-reactive ketones (excluding diaryl/α,β-unsaturated/α-hetero) is 2. The summed E-state index contributed by atoms with van der Waals surface area (Å²) in [6.45, 7) is 9.00. The minimum absolute atomic E-state index is 0.0963. The van der Waals surface area contributed by atoms with Crippen LogP contribution in [0.3, 0.4) is 0 Å². The number of nitrogens with zero attached hydrogens (tertiary/aromatic N) is 2. The number of carbonyl (C=O) groups is 6. The zero-order valence-electron chi connectivity index (χ0n) is 33.2. The quantitative estimate of drug-likeness (QED) is 0.149. The molecule has 5 aliphatic rings. The van der Waals surface area contributed by atoms with Crippen molar-refractivity contribution in [2.75, 3.05) is 13.2 Å². The lowest BCUT2D eigenvalue weighted by Gasteiger charge is -2.31. The molecule has 2 amide bonds. The molecule has 0 radical (unpaired) electrons. The molecule has 3 aliphatic carbocycles. The highest BCUT2D eigenvalue weighted by molar-refractivity contribution is 6.01. The Hall–Kier alpha value is -4.88. The Balaban J connectivity index is 0.990. The molecular weight excluding hydrogens is 742 g/mol. The Labute approximate surface area is 330 Å². The summed E-state index contributed by atoms with van der Waals surface area (Å²) in [5, 5.41) is 0. The Morgan fingerprint density at radius 1 is 0.632 bits per heavy atom. The summed E-state index contributed by atoms with van der Waals surface area (Å²) in [7, 11) is 0. The van der Waals surface area contributed by atoms with E-state index in [4.69, 9.17) is 18.9 Å². The summed E-state index contributed by atoms with van der Waals surface area (Å²) in [6, 6.07) is 5.51. The normalized spacial score (nSPS) is 25.6. The van der Waals surface area contributed by atoms with E-state index in [0.29, 0.717) is 12.8 Å². The molecule has 2 aromatic rings. The van der Waals surface area contributed by atoms with Gasteiger partial charge in [0.05, 0.1) is 0 Å². The minimum Gasteiger partial charge on any atom is -0.456 e. The van der Waals surface area contributed by atoms with E-state index < -0.39 is 89.2 Å². The van der Waals surface area contributed by atoms with Crippen molar-refractivity contribution in [3.8, 4) is 11.1 Å². The fraction of sp³-hybridized carbons (Fsp3) is 0.581. The molecule has 2 aliphatic heterocycles. The second kappa shape index (κ2) is 14.8. The molecule has 0 unspecified atom stereocenters. The van der Waals surface area contributed by atoms with Crippen molar-refractivity contribution in [2.45, 2.75) is 134 Å². The highest BCUT2D eigenvalue weighted by Gasteiger charge is 2.52. The van der Waals surface area contributed by atoms with Gasteiger partial charge in [0.2, 0.25) is 0 Å². The van der Waals surface area contributed by atoms with Crippen LogP contribution in [-0.2, 0) is 34.5 Å². The zero-order valence-corrected chi connectivity index (χ0v) is 33.2. The number of carbonyl (C=O) groups excluding carboxylic acids is 6. The van der Waals surface area contributed by atoms with E-state index in [2.05, 4.69) is 0 Å². The number of halogens is 2. The summed E-state index contributed by atoms with van der Waals surface area (Å²) in [6.07, 6.45) is 4.58. The largest absolute Gasteiger partial charge is 0.456 e.